The van der Waals surface area contributed by atoms with E-state index in [9.17, 15) is 17.6 Å². The number of aromatic nitrogens is 2. The van der Waals surface area contributed by atoms with Gasteiger partial charge in [0.05, 0.1) is 42.8 Å². The van der Waals surface area contributed by atoms with Gasteiger partial charge in [-0.2, -0.15) is 0 Å². The highest BCUT2D eigenvalue weighted by Crippen LogP contribution is 2.33. The molecule has 1 aromatic heterocycles. The van der Waals surface area contributed by atoms with Gasteiger partial charge in [-0.3, -0.25) is 4.79 Å². The summed E-state index contributed by atoms with van der Waals surface area (Å²) in [6.07, 6.45) is 1.65. The number of carbonyl (C=O) groups excluding carboxylic acids is 1. The van der Waals surface area contributed by atoms with Crippen molar-refractivity contribution in [1.29, 1.82) is 0 Å². The Bertz CT molecular complexity index is 1250. The number of ether oxygens (including phenoxy) is 2. The minimum atomic E-state index is -3.42. The monoisotopic (exact) mass is 459 g/mol. The second-order valence-corrected chi connectivity index (χ2v) is 10.6. The van der Waals surface area contributed by atoms with Crippen LogP contribution in [-0.4, -0.2) is 71.7 Å². The van der Waals surface area contributed by atoms with Gasteiger partial charge < -0.3 is 18.9 Å². The average Bonchev–Trinajstić information content (AvgIpc) is 3.15. The predicted molar refractivity (Wildman–Crippen MR) is 114 cm³/mol. The molecule has 1 spiro atoms. The minimum absolute atomic E-state index is 0.0724. The zero-order valence-corrected chi connectivity index (χ0v) is 18.0. The molecule has 0 unspecified atom stereocenters. The number of hydrogen-bond acceptors (Lipinski definition) is 6. The largest absolute Gasteiger partial charge is 0.484 e. The van der Waals surface area contributed by atoms with Crippen molar-refractivity contribution in [2.24, 2.45) is 0 Å². The molecule has 2 aliphatic heterocycles. The first-order valence-electron chi connectivity index (χ1n) is 10.3. The summed E-state index contributed by atoms with van der Waals surface area (Å²) < 4.78 is 52.1. The highest BCUT2D eigenvalue weighted by atomic mass is 32.2. The standard InChI is InChI=1S/C22H22FN3O5S/c23-16-5-7-17(8-6-16)30-11-21(27)26-12-22(13-26)14-32(28,29)18(10-31-22)9-25-15-24-19-3-1-2-4-20(19)25/h1-8,15,18H,9-14H2/t18-/m0/s1. The zero-order chi connectivity index (χ0) is 22.3. The van der Waals surface area contributed by atoms with Crippen molar-refractivity contribution in [2.75, 3.05) is 32.1 Å². The van der Waals surface area contributed by atoms with E-state index in [2.05, 4.69) is 4.98 Å². The first kappa shape index (κ1) is 20.9. The summed E-state index contributed by atoms with van der Waals surface area (Å²) in [7, 11) is -3.42. The Labute approximate surface area is 184 Å². The summed E-state index contributed by atoms with van der Waals surface area (Å²) in [5, 5.41) is -0.669. The Hall–Kier alpha value is -2.98. The Balaban J connectivity index is 1.17. The van der Waals surface area contributed by atoms with Crippen LogP contribution in [0.2, 0.25) is 0 Å². The molecule has 0 aliphatic carbocycles. The zero-order valence-electron chi connectivity index (χ0n) is 17.2. The number of carbonyl (C=O) groups is 1. The molecule has 168 valence electrons. The van der Waals surface area contributed by atoms with E-state index >= 15 is 0 Å². The Morgan fingerprint density at radius 3 is 2.69 bits per heavy atom. The van der Waals surface area contributed by atoms with Gasteiger partial charge in [0.2, 0.25) is 0 Å². The average molecular weight is 459 g/mol. The second-order valence-electron chi connectivity index (χ2n) is 8.30. The third-order valence-corrected chi connectivity index (χ3v) is 8.19. The van der Waals surface area contributed by atoms with Crippen molar-refractivity contribution in [3.63, 3.8) is 0 Å². The normalized spacial score (nSPS) is 21.4. The topological polar surface area (TPSA) is 90.7 Å². The number of sulfone groups is 1. The fourth-order valence-electron chi connectivity index (χ4n) is 4.22. The fraction of sp³-hybridized carbons (Fsp3) is 0.364. The lowest BCUT2D eigenvalue weighted by molar-refractivity contribution is -0.166. The van der Waals surface area contributed by atoms with E-state index in [0.29, 0.717) is 5.75 Å². The molecule has 0 bridgehead atoms. The fourth-order valence-corrected chi connectivity index (χ4v) is 6.11. The molecule has 0 N–H and O–H groups in total. The molecule has 2 saturated heterocycles. The molecular weight excluding hydrogens is 437 g/mol. The lowest BCUT2D eigenvalue weighted by Gasteiger charge is -2.52. The molecule has 0 radical (unpaired) electrons. The molecule has 8 nitrogen and oxygen atoms in total. The van der Waals surface area contributed by atoms with Gasteiger partial charge in [-0.15, -0.1) is 0 Å². The van der Waals surface area contributed by atoms with Crippen LogP contribution in [0.15, 0.2) is 54.9 Å². The smallest absolute Gasteiger partial charge is 0.260 e. The van der Waals surface area contributed by atoms with E-state index < -0.39 is 20.7 Å². The summed E-state index contributed by atoms with van der Waals surface area (Å²) in [5.74, 6) is -0.391. The van der Waals surface area contributed by atoms with Crippen LogP contribution in [0.3, 0.4) is 0 Å². The van der Waals surface area contributed by atoms with Gasteiger partial charge in [0, 0.05) is 6.54 Å². The Morgan fingerprint density at radius 1 is 1.19 bits per heavy atom. The van der Waals surface area contributed by atoms with Crippen LogP contribution in [-0.2, 0) is 25.9 Å². The van der Waals surface area contributed by atoms with E-state index in [0.717, 1.165) is 11.0 Å². The Morgan fingerprint density at radius 2 is 1.94 bits per heavy atom. The number of benzene rings is 2. The molecular formula is C22H22FN3O5S. The van der Waals surface area contributed by atoms with Gasteiger partial charge >= 0.3 is 0 Å². The number of para-hydroxylation sites is 2. The predicted octanol–water partition coefficient (Wildman–Crippen LogP) is 1.65. The highest BCUT2D eigenvalue weighted by molar-refractivity contribution is 7.92. The third kappa shape index (κ3) is 3.95. The van der Waals surface area contributed by atoms with E-state index in [-0.39, 0.29) is 50.3 Å². The molecule has 5 rings (SSSR count). The van der Waals surface area contributed by atoms with Crippen LogP contribution in [0.25, 0.3) is 11.0 Å². The SMILES string of the molecule is O=C(COc1ccc(F)cc1)N1CC2(C1)CS(=O)(=O)[C@@H](Cn1cnc3ccccc31)CO2. The van der Waals surface area contributed by atoms with Crippen LogP contribution in [0.1, 0.15) is 0 Å². The molecule has 2 aliphatic rings. The maximum absolute atomic E-state index is 13.0. The molecule has 10 heteroatoms. The number of rotatable bonds is 5. The molecule has 0 saturated carbocycles. The van der Waals surface area contributed by atoms with Crippen molar-refractivity contribution in [3.05, 3.63) is 60.7 Å². The van der Waals surface area contributed by atoms with Crippen LogP contribution in [0.4, 0.5) is 4.39 Å². The number of hydrogen-bond donors (Lipinski definition) is 0. The van der Waals surface area contributed by atoms with Crippen molar-refractivity contribution in [3.8, 4) is 5.75 Å². The number of halogens is 1. The highest BCUT2D eigenvalue weighted by Gasteiger charge is 2.53. The summed E-state index contributed by atoms with van der Waals surface area (Å²) in [4.78, 5) is 18.2. The summed E-state index contributed by atoms with van der Waals surface area (Å²) in [6.45, 7) is 0.554. The van der Waals surface area contributed by atoms with Crippen molar-refractivity contribution in [2.45, 2.75) is 17.4 Å². The van der Waals surface area contributed by atoms with Crippen LogP contribution < -0.4 is 4.74 Å². The van der Waals surface area contributed by atoms with Gasteiger partial charge in [-0.25, -0.2) is 17.8 Å². The summed E-state index contributed by atoms with van der Waals surface area (Å²) >= 11 is 0. The van der Waals surface area contributed by atoms with Crippen molar-refractivity contribution < 1.29 is 27.1 Å². The maximum Gasteiger partial charge on any atom is 0.260 e. The van der Waals surface area contributed by atoms with Gasteiger partial charge in [0.1, 0.15) is 22.4 Å². The number of likely N-dealkylation sites (tertiary alicyclic amines) is 1. The number of fused-ring (bicyclic) bond motifs is 1. The van der Waals surface area contributed by atoms with Gasteiger partial charge in [-0.1, -0.05) is 12.1 Å². The van der Waals surface area contributed by atoms with Gasteiger partial charge in [0.25, 0.3) is 5.91 Å². The maximum atomic E-state index is 13.0. The van der Waals surface area contributed by atoms with Gasteiger partial charge in [-0.05, 0) is 36.4 Å². The van der Waals surface area contributed by atoms with Crippen molar-refractivity contribution in [1.82, 2.24) is 14.5 Å². The molecule has 3 aromatic rings. The lowest BCUT2D eigenvalue weighted by atomic mass is 9.95. The number of nitrogens with zero attached hydrogens (tertiary/aromatic N) is 3. The van der Waals surface area contributed by atoms with Crippen LogP contribution in [0.5, 0.6) is 5.75 Å². The number of amides is 1. The first-order chi connectivity index (χ1) is 15.3. The van der Waals surface area contributed by atoms with E-state index in [1.165, 1.54) is 29.2 Å². The first-order valence-corrected chi connectivity index (χ1v) is 12.0. The van der Waals surface area contributed by atoms with Crippen molar-refractivity contribution >= 4 is 26.8 Å². The molecule has 1 atom stereocenters. The minimum Gasteiger partial charge on any atom is -0.484 e. The van der Waals surface area contributed by atoms with Crippen LogP contribution >= 0.6 is 0 Å². The van der Waals surface area contributed by atoms with E-state index in [1.807, 2.05) is 28.8 Å². The number of imidazole rings is 1. The second kappa shape index (κ2) is 7.86. The summed E-state index contributed by atoms with van der Waals surface area (Å²) in [5.41, 5.74) is 0.830. The van der Waals surface area contributed by atoms with E-state index in [4.69, 9.17) is 9.47 Å². The molecule has 3 heterocycles. The quantitative estimate of drug-likeness (QED) is 0.576. The van der Waals surface area contributed by atoms with E-state index in [1.54, 1.807) is 6.33 Å². The molecule has 32 heavy (non-hydrogen) atoms. The van der Waals surface area contributed by atoms with Crippen LogP contribution in [0, 0.1) is 5.82 Å². The molecule has 2 aromatic carbocycles. The Kier molecular flexibility index (Phi) is 5.13. The lowest BCUT2D eigenvalue weighted by Crippen LogP contribution is -2.71. The summed E-state index contributed by atoms with van der Waals surface area (Å²) in [6, 6.07) is 13.0. The van der Waals surface area contributed by atoms with Gasteiger partial charge in [0.15, 0.2) is 16.4 Å². The molecule has 2 fully saturated rings. The third-order valence-electron chi connectivity index (χ3n) is 5.96. The molecule has 1 amide bonds.